The fraction of sp³-hybridized carbons (Fsp3) is 0.438. The molecule has 2 aromatic rings. The minimum absolute atomic E-state index is 0.0370. The highest BCUT2D eigenvalue weighted by molar-refractivity contribution is 5.94. The van der Waals surface area contributed by atoms with Gasteiger partial charge in [0.1, 0.15) is 11.4 Å². The van der Waals surface area contributed by atoms with Crippen LogP contribution in [0.3, 0.4) is 0 Å². The summed E-state index contributed by atoms with van der Waals surface area (Å²) in [4.78, 5) is 17.9. The summed E-state index contributed by atoms with van der Waals surface area (Å²) in [6.45, 7) is 1.98. The van der Waals surface area contributed by atoms with Crippen LogP contribution < -0.4 is 22.2 Å². The van der Waals surface area contributed by atoms with E-state index in [0.29, 0.717) is 30.3 Å². The summed E-state index contributed by atoms with van der Waals surface area (Å²) in [5.74, 6) is 5.55. The van der Waals surface area contributed by atoms with E-state index in [9.17, 15) is 9.90 Å². The molecule has 0 amide bonds. The van der Waals surface area contributed by atoms with Crippen molar-refractivity contribution in [2.75, 3.05) is 24.5 Å². The van der Waals surface area contributed by atoms with Gasteiger partial charge in [0, 0.05) is 31.2 Å². The largest absolute Gasteiger partial charge is 0.477 e. The Morgan fingerprint density at radius 2 is 2.31 bits per heavy atom. The van der Waals surface area contributed by atoms with Crippen LogP contribution in [0.4, 0.5) is 5.82 Å². The van der Waals surface area contributed by atoms with Gasteiger partial charge in [0.15, 0.2) is 5.65 Å². The predicted molar refractivity (Wildman–Crippen MR) is 97.1 cm³/mol. The van der Waals surface area contributed by atoms with Crippen LogP contribution in [-0.4, -0.2) is 56.4 Å². The second kappa shape index (κ2) is 7.58. The van der Waals surface area contributed by atoms with Crippen molar-refractivity contribution in [1.29, 1.82) is 0 Å². The van der Waals surface area contributed by atoms with E-state index in [1.54, 1.807) is 17.4 Å². The van der Waals surface area contributed by atoms with Gasteiger partial charge in [-0.25, -0.2) is 20.1 Å². The van der Waals surface area contributed by atoms with Gasteiger partial charge < -0.3 is 26.5 Å². The summed E-state index contributed by atoms with van der Waals surface area (Å²) < 4.78 is 1.45. The van der Waals surface area contributed by atoms with E-state index in [0.717, 1.165) is 25.8 Å². The summed E-state index contributed by atoms with van der Waals surface area (Å²) >= 11 is 0. The Bertz CT molecular complexity index is 818. The van der Waals surface area contributed by atoms with Crippen molar-refractivity contribution < 1.29 is 9.90 Å². The number of hydrogen-bond acceptors (Lipinski definition) is 8. The molecule has 0 radical (unpaired) electrons. The fourth-order valence-electron chi connectivity index (χ4n) is 3.17. The topological polar surface area (TPSA) is 152 Å². The summed E-state index contributed by atoms with van der Waals surface area (Å²) in [6, 6.07) is 1.77. The third kappa shape index (κ3) is 3.55. The summed E-state index contributed by atoms with van der Waals surface area (Å²) in [7, 11) is 0. The van der Waals surface area contributed by atoms with Crippen molar-refractivity contribution in [2.24, 2.45) is 17.3 Å². The van der Waals surface area contributed by atoms with Gasteiger partial charge in [0.25, 0.3) is 0 Å². The number of carboxylic acid groups (broad SMARTS) is 1. The molecule has 1 saturated heterocycles. The molecule has 0 saturated carbocycles. The molecule has 0 bridgehead atoms. The van der Waals surface area contributed by atoms with E-state index in [1.165, 1.54) is 10.7 Å². The molecule has 2 aromatic heterocycles. The lowest BCUT2D eigenvalue weighted by Crippen LogP contribution is -2.37. The first-order valence-corrected chi connectivity index (χ1v) is 8.54. The minimum atomic E-state index is -1.05. The Hall–Kier alpha value is -2.85. The third-order valence-electron chi connectivity index (χ3n) is 4.45. The maximum absolute atomic E-state index is 11.3. The smallest absolute Gasteiger partial charge is 0.341 e. The van der Waals surface area contributed by atoms with Crippen molar-refractivity contribution in [2.45, 2.75) is 25.3 Å². The molecular formula is C16H24N8O2. The van der Waals surface area contributed by atoms with Crippen molar-refractivity contribution in [3.8, 4) is 0 Å². The lowest BCUT2D eigenvalue weighted by Gasteiger charge is -2.27. The second-order valence-corrected chi connectivity index (χ2v) is 6.28. The van der Waals surface area contributed by atoms with Crippen LogP contribution in [0, 0.1) is 0 Å². The molecule has 3 rings (SSSR count). The Balaban J connectivity index is 1.85. The summed E-state index contributed by atoms with van der Waals surface area (Å²) in [6.07, 6.45) is 7.37. The molecule has 0 aliphatic carbocycles. The Kier molecular flexibility index (Phi) is 5.24. The van der Waals surface area contributed by atoms with E-state index in [1.807, 2.05) is 6.07 Å². The zero-order valence-corrected chi connectivity index (χ0v) is 14.5. The second-order valence-electron chi connectivity index (χ2n) is 6.28. The normalized spacial score (nSPS) is 17.8. The van der Waals surface area contributed by atoms with E-state index >= 15 is 0 Å². The van der Waals surface area contributed by atoms with Gasteiger partial charge in [-0.3, -0.25) is 0 Å². The zero-order chi connectivity index (χ0) is 18.7. The molecule has 10 heteroatoms. The van der Waals surface area contributed by atoms with E-state index < -0.39 is 5.97 Å². The van der Waals surface area contributed by atoms with Crippen LogP contribution in [0.15, 0.2) is 30.4 Å². The summed E-state index contributed by atoms with van der Waals surface area (Å²) in [5.41, 5.74) is 12.8. The van der Waals surface area contributed by atoms with Crippen molar-refractivity contribution >= 4 is 17.4 Å². The van der Waals surface area contributed by atoms with Crippen molar-refractivity contribution in [3.63, 3.8) is 0 Å². The number of nitrogens with zero attached hydrogens (tertiary/aromatic N) is 5. The van der Waals surface area contributed by atoms with Crippen molar-refractivity contribution in [3.05, 3.63) is 35.9 Å². The molecule has 1 fully saturated rings. The van der Waals surface area contributed by atoms with Gasteiger partial charge >= 0.3 is 5.97 Å². The SMILES string of the molecule is NCCCN(N)/C=C(\N)C1CCCN1c1ccn2ncc(C(=O)O)c2n1. The first kappa shape index (κ1) is 18.0. The number of aromatic carboxylic acids is 1. The van der Waals surface area contributed by atoms with Gasteiger partial charge in [0.05, 0.1) is 12.2 Å². The Morgan fingerprint density at radius 1 is 1.50 bits per heavy atom. The number of hydrogen-bond donors (Lipinski definition) is 4. The van der Waals surface area contributed by atoms with Gasteiger partial charge in [-0.05, 0) is 31.9 Å². The number of anilines is 1. The van der Waals surface area contributed by atoms with E-state index in [4.69, 9.17) is 17.3 Å². The molecule has 7 N–H and O–H groups in total. The molecule has 1 aliphatic rings. The van der Waals surface area contributed by atoms with Gasteiger partial charge in [-0.15, -0.1) is 0 Å². The van der Waals surface area contributed by atoms with Gasteiger partial charge in [-0.1, -0.05) is 0 Å². The van der Waals surface area contributed by atoms with Crippen LogP contribution in [0.2, 0.25) is 0 Å². The maximum Gasteiger partial charge on any atom is 0.341 e. The average Bonchev–Trinajstić information content (AvgIpc) is 3.25. The summed E-state index contributed by atoms with van der Waals surface area (Å²) in [5, 5.41) is 14.8. The standard InChI is InChI=1S/C16H24N8O2/c17-5-2-6-22(19)10-12(18)13-3-1-7-23(13)14-4-8-24-15(21-14)11(9-20-24)16(25)26/h4,8-10,13H,1-3,5-7,17-19H2,(H,25,26)/b12-10-. The monoisotopic (exact) mass is 360 g/mol. The Morgan fingerprint density at radius 3 is 3.04 bits per heavy atom. The highest BCUT2D eigenvalue weighted by Crippen LogP contribution is 2.27. The van der Waals surface area contributed by atoms with Crippen LogP contribution in [0.5, 0.6) is 0 Å². The third-order valence-corrected chi connectivity index (χ3v) is 4.45. The zero-order valence-electron chi connectivity index (χ0n) is 14.5. The van der Waals surface area contributed by atoms with E-state index in [2.05, 4.69) is 15.0 Å². The highest BCUT2D eigenvalue weighted by Gasteiger charge is 2.28. The average molecular weight is 360 g/mol. The maximum atomic E-state index is 11.3. The molecular weight excluding hydrogens is 336 g/mol. The van der Waals surface area contributed by atoms with Crippen LogP contribution in [0.25, 0.3) is 5.65 Å². The molecule has 140 valence electrons. The number of rotatable bonds is 7. The van der Waals surface area contributed by atoms with Gasteiger partial charge in [0.2, 0.25) is 0 Å². The van der Waals surface area contributed by atoms with Crippen LogP contribution in [0.1, 0.15) is 29.6 Å². The quantitative estimate of drug-likeness (QED) is 0.386. The lowest BCUT2D eigenvalue weighted by atomic mass is 10.1. The Labute approximate surface area is 150 Å². The molecule has 10 nitrogen and oxygen atoms in total. The van der Waals surface area contributed by atoms with Crippen molar-refractivity contribution in [1.82, 2.24) is 19.6 Å². The lowest BCUT2D eigenvalue weighted by molar-refractivity contribution is 0.0699. The first-order valence-electron chi connectivity index (χ1n) is 8.54. The molecule has 1 unspecified atom stereocenters. The number of aromatic nitrogens is 3. The number of carboxylic acids is 1. The molecule has 0 spiro atoms. The molecule has 3 heterocycles. The molecule has 0 aromatic carbocycles. The van der Waals surface area contributed by atoms with Gasteiger partial charge in [-0.2, -0.15) is 5.10 Å². The minimum Gasteiger partial charge on any atom is -0.477 e. The van der Waals surface area contributed by atoms with E-state index in [-0.39, 0.29) is 11.6 Å². The number of nitrogens with two attached hydrogens (primary N) is 3. The number of carbonyl (C=O) groups is 1. The number of hydrazine groups is 1. The number of fused-ring (bicyclic) bond motifs is 1. The molecule has 1 aliphatic heterocycles. The van der Waals surface area contributed by atoms with Crippen LogP contribution >= 0.6 is 0 Å². The molecule has 1 atom stereocenters. The van der Waals surface area contributed by atoms with Crippen LogP contribution in [-0.2, 0) is 0 Å². The highest BCUT2D eigenvalue weighted by atomic mass is 16.4. The predicted octanol–water partition coefficient (Wildman–Crippen LogP) is -0.279. The fourth-order valence-corrected chi connectivity index (χ4v) is 3.17. The first-order chi connectivity index (χ1) is 12.5. The molecule has 26 heavy (non-hydrogen) atoms.